The first-order valence-corrected chi connectivity index (χ1v) is 7.55. The van der Waals surface area contributed by atoms with Crippen molar-refractivity contribution in [3.8, 4) is 11.8 Å². The third-order valence-electron chi connectivity index (χ3n) is 3.44. The first kappa shape index (κ1) is 17.2. The second-order valence-electron chi connectivity index (χ2n) is 5.35. The van der Waals surface area contributed by atoms with E-state index in [-0.39, 0.29) is 18.3 Å². The Morgan fingerprint density at radius 2 is 1.92 bits per heavy atom. The molecule has 2 aromatic carbocycles. The Bertz CT molecular complexity index is 751. The quantitative estimate of drug-likeness (QED) is 0.848. The predicted octanol–water partition coefficient (Wildman–Crippen LogP) is 2.25. The Morgan fingerprint density at radius 3 is 2.58 bits per heavy atom. The van der Waals surface area contributed by atoms with Crippen LogP contribution >= 0.6 is 0 Å². The Kier molecular flexibility index (Phi) is 6.09. The van der Waals surface area contributed by atoms with Gasteiger partial charge in [0.05, 0.1) is 17.7 Å². The summed E-state index contributed by atoms with van der Waals surface area (Å²) >= 11 is 0. The summed E-state index contributed by atoms with van der Waals surface area (Å²) in [6.45, 7) is 1.23. The lowest BCUT2D eigenvalue weighted by Gasteiger charge is -2.16. The van der Waals surface area contributed by atoms with Crippen molar-refractivity contribution in [2.24, 2.45) is 0 Å². The number of benzene rings is 2. The summed E-state index contributed by atoms with van der Waals surface area (Å²) in [5, 5.41) is 11.5. The van der Waals surface area contributed by atoms with E-state index in [1.54, 1.807) is 24.3 Å². The van der Waals surface area contributed by atoms with Crippen LogP contribution in [0.3, 0.4) is 0 Å². The molecule has 0 unspecified atom stereocenters. The van der Waals surface area contributed by atoms with Crippen LogP contribution in [0.2, 0.25) is 0 Å². The predicted molar refractivity (Wildman–Crippen MR) is 89.4 cm³/mol. The highest BCUT2D eigenvalue weighted by atomic mass is 16.5. The van der Waals surface area contributed by atoms with Gasteiger partial charge in [-0.2, -0.15) is 5.26 Å². The third-order valence-corrected chi connectivity index (χ3v) is 3.44. The van der Waals surface area contributed by atoms with Crippen molar-refractivity contribution in [3.63, 3.8) is 0 Å². The van der Waals surface area contributed by atoms with Crippen molar-refractivity contribution in [1.82, 2.24) is 5.32 Å². The van der Waals surface area contributed by atoms with Gasteiger partial charge in [0.2, 0.25) is 0 Å². The number of Topliss-reactive ketones (excluding diaryl/α,β-unsaturated/α-hetero) is 1. The minimum atomic E-state index is -0.589. The van der Waals surface area contributed by atoms with Crippen molar-refractivity contribution in [2.45, 2.75) is 19.4 Å². The van der Waals surface area contributed by atoms with Crippen molar-refractivity contribution < 1.29 is 14.3 Å². The molecular formula is C19H18N2O3. The summed E-state index contributed by atoms with van der Waals surface area (Å²) in [5.41, 5.74) is 1.43. The van der Waals surface area contributed by atoms with Crippen LogP contribution in [0.5, 0.6) is 5.75 Å². The van der Waals surface area contributed by atoms with Gasteiger partial charge in [-0.3, -0.25) is 9.59 Å². The van der Waals surface area contributed by atoms with Gasteiger partial charge in [0.1, 0.15) is 5.75 Å². The molecule has 2 rings (SSSR count). The molecular weight excluding hydrogens is 304 g/mol. The normalized spacial score (nSPS) is 11.2. The van der Waals surface area contributed by atoms with E-state index >= 15 is 0 Å². The zero-order valence-electron chi connectivity index (χ0n) is 13.4. The second kappa shape index (κ2) is 8.49. The second-order valence-corrected chi connectivity index (χ2v) is 5.35. The smallest absolute Gasteiger partial charge is 0.258 e. The lowest BCUT2D eigenvalue weighted by Crippen LogP contribution is -2.43. The SMILES string of the molecule is CC(=O)[C@@H](Cc1ccccc1)NC(=O)COc1cccc(C#N)c1. The van der Waals surface area contributed by atoms with E-state index in [9.17, 15) is 9.59 Å². The fourth-order valence-electron chi connectivity index (χ4n) is 2.19. The highest BCUT2D eigenvalue weighted by Crippen LogP contribution is 2.12. The number of nitriles is 1. The highest BCUT2D eigenvalue weighted by Gasteiger charge is 2.17. The number of carbonyl (C=O) groups is 2. The Morgan fingerprint density at radius 1 is 1.17 bits per heavy atom. The molecule has 2 aromatic rings. The van der Waals surface area contributed by atoms with Crippen LogP contribution in [-0.2, 0) is 16.0 Å². The van der Waals surface area contributed by atoms with Crippen molar-refractivity contribution in [1.29, 1.82) is 5.26 Å². The maximum Gasteiger partial charge on any atom is 0.258 e. The number of ether oxygens (including phenoxy) is 1. The maximum absolute atomic E-state index is 12.0. The molecule has 0 aliphatic rings. The van der Waals surface area contributed by atoms with Gasteiger partial charge in [-0.05, 0) is 37.1 Å². The number of hydrogen-bond acceptors (Lipinski definition) is 4. The molecule has 122 valence electrons. The molecule has 0 saturated heterocycles. The van der Waals surface area contributed by atoms with E-state index in [1.807, 2.05) is 36.4 Å². The zero-order valence-corrected chi connectivity index (χ0v) is 13.4. The van der Waals surface area contributed by atoms with Crippen LogP contribution < -0.4 is 10.1 Å². The number of ketones is 1. The van der Waals surface area contributed by atoms with Crippen LogP contribution in [0.4, 0.5) is 0 Å². The van der Waals surface area contributed by atoms with Crippen LogP contribution in [0.25, 0.3) is 0 Å². The number of nitrogens with one attached hydrogen (secondary N) is 1. The van der Waals surface area contributed by atoms with Crippen molar-refractivity contribution >= 4 is 11.7 Å². The van der Waals surface area contributed by atoms with Crippen LogP contribution in [0, 0.1) is 11.3 Å². The van der Waals surface area contributed by atoms with Gasteiger partial charge in [0.25, 0.3) is 5.91 Å². The Balaban J connectivity index is 1.91. The van der Waals surface area contributed by atoms with Crippen molar-refractivity contribution in [3.05, 3.63) is 65.7 Å². The molecule has 0 aromatic heterocycles. The van der Waals surface area contributed by atoms with E-state index < -0.39 is 6.04 Å². The van der Waals surface area contributed by atoms with Crippen LogP contribution in [0.1, 0.15) is 18.1 Å². The summed E-state index contributed by atoms with van der Waals surface area (Å²) < 4.78 is 5.37. The molecule has 0 fully saturated rings. The number of nitrogens with zero attached hydrogens (tertiary/aromatic N) is 1. The lowest BCUT2D eigenvalue weighted by atomic mass is 10.0. The summed E-state index contributed by atoms with van der Waals surface area (Å²) in [6.07, 6.45) is 0.436. The molecule has 1 amide bonds. The Hall–Kier alpha value is -3.13. The molecule has 5 nitrogen and oxygen atoms in total. The van der Waals surface area contributed by atoms with Gasteiger partial charge in [-0.1, -0.05) is 36.4 Å². The molecule has 0 radical (unpaired) electrons. The molecule has 1 N–H and O–H groups in total. The number of amides is 1. The minimum Gasteiger partial charge on any atom is -0.484 e. The highest BCUT2D eigenvalue weighted by molar-refractivity contribution is 5.88. The fraction of sp³-hybridized carbons (Fsp3) is 0.211. The molecule has 0 aliphatic heterocycles. The van der Waals surface area contributed by atoms with Crippen molar-refractivity contribution in [2.75, 3.05) is 6.61 Å². The molecule has 0 bridgehead atoms. The summed E-state index contributed by atoms with van der Waals surface area (Å²) in [7, 11) is 0. The summed E-state index contributed by atoms with van der Waals surface area (Å²) in [6, 6.07) is 17.5. The van der Waals surface area contributed by atoms with Gasteiger partial charge in [0, 0.05) is 0 Å². The van der Waals surface area contributed by atoms with E-state index in [1.165, 1.54) is 6.92 Å². The fourth-order valence-corrected chi connectivity index (χ4v) is 2.19. The molecule has 0 aliphatic carbocycles. The standard InChI is InChI=1S/C19H18N2O3/c1-14(22)18(11-15-6-3-2-4-7-15)21-19(23)13-24-17-9-5-8-16(10-17)12-20/h2-10,18H,11,13H2,1H3,(H,21,23)/t18-/m1/s1. The van der Waals surface area contributed by atoms with E-state index in [0.717, 1.165) is 5.56 Å². The van der Waals surface area contributed by atoms with Gasteiger partial charge >= 0.3 is 0 Å². The molecule has 0 heterocycles. The summed E-state index contributed by atoms with van der Waals surface area (Å²) in [5.74, 6) is -0.0567. The zero-order chi connectivity index (χ0) is 17.4. The first-order chi connectivity index (χ1) is 11.6. The Labute approximate surface area is 140 Å². The molecule has 5 heteroatoms. The first-order valence-electron chi connectivity index (χ1n) is 7.55. The topological polar surface area (TPSA) is 79.2 Å². The van der Waals surface area contributed by atoms with Gasteiger partial charge in [-0.25, -0.2) is 0 Å². The maximum atomic E-state index is 12.0. The average Bonchev–Trinajstić information content (AvgIpc) is 2.60. The minimum absolute atomic E-state index is 0.112. The average molecular weight is 322 g/mol. The largest absolute Gasteiger partial charge is 0.484 e. The monoisotopic (exact) mass is 322 g/mol. The van der Waals surface area contributed by atoms with E-state index in [0.29, 0.717) is 17.7 Å². The lowest BCUT2D eigenvalue weighted by molar-refractivity contribution is -0.128. The number of carbonyl (C=O) groups excluding carboxylic acids is 2. The third kappa shape index (κ3) is 5.25. The van der Waals surface area contributed by atoms with Gasteiger partial charge < -0.3 is 10.1 Å². The number of hydrogen-bond donors (Lipinski definition) is 1. The van der Waals surface area contributed by atoms with Gasteiger partial charge in [-0.15, -0.1) is 0 Å². The summed E-state index contributed by atoms with van der Waals surface area (Å²) in [4.78, 5) is 23.8. The molecule has 24 heavy (non-hydrogen) atoms. The molecule has 1 atom stereocenters. The molecule has 0 saturated carbocycles. The number of rotatable bonds is 7. The molecule has 0 spiro atoms. The van der Waals surface area contributed by atoms with Crippen LogP contribution in [-0.4, -0.2) is 24.3 Å². The van der Waals surface area contributed by atoms with E-state index in [4.69, 9.17) is 10.00 Å². The van der Waals surface area contributed by atoms with Gasteiger partial charge in [0.15, 0.2) is 12.4 Å². The van der Waals surface area contributed by atoms with Crippen LogP contribution in [0.15, 0.2) is 54.6 Å². The van der Waals surface area contributed by atoms with E-state index in [2.05, 4.69) is 5.32 Å².